The summed E-state index contributed by atoms with van der Waals surface area (Å²) in [5.74, 6) is 1.47. The molecule has 0 unspecified atom stereocenters. The van der Waals surface area contributed by atoms with Gasteiger partial charge in [0, 0.05) is 6.42 Å². The highest BCUT2D eigenvalue weighted by Crippen LogP contribution is 2.33. The maximum atomic E-state index is 11.5. The minimum atomic E-state index is -0.179. The minimum absolute atomic E-state index is 0.179. The van der Waals surface area contributed by atoms with Gasteiger partial charge in [0.15, 0.2) is 5.75 Å². The molecule has 0 radical (unpaired) electrons. The van der Waals surface area contributed by atoms with Crippen LogP contribution in [0.2, 0.25) is 0 Å². The van der Waals surface area contributed by atoms with Crippen molar-refractivity contribution >= 4 is 51.2 Å². The molecule has 0 heterocycles. The Morgan fingerprint density at radius 2 is 1.74 bits per heavy atom. The van der Waals surface area contributed by atoms with E-state index < -0.39 is 0 Å². The molecular weight excluding hydrogens is 522 g/mol. The second-order valence-electron chi connectivity index (χ2n) is 4.79. The number of carbonyl (C=O) groups is 1. The predicted octanol–water partition coefficient (Wildman–Crippen LogP) is 4.89. The van der Waals surface area contributed by atoms with Crippen LogP contribution in [-0.2, 0) is 16.0 Å². The lowest BCUT2D eigenvalue weighted by molar-refractivity contribution is -0.143. The Bertz CT molecular complexity index is 660. The first-order valence-corrected chi connectivity index (χ1v) is 9.25. The number of aryl methyl sites for hydroxylation is 1. The quantitative estimate of drug-likeness (QED) is 0.421. The summed E-state index contributed by atoms with van der Waals surface area (Å²) in [5.41, 5.74) is 1.07. The first kappa shape index (κ1) is 18.3. The summed E-state index contributed by atoms with van der Waals surface area (Å²) in [4.78, 5) is 11.5. The molecular formula is C17H16I2O4. The fourth-order valence-corrected chi connectivity index (χ4v) is 4.08. The molecule has 1 N–H and O–H groups in total. The van der Waals surface area contributed by atoms with Gasteiger partial charge in [-0.3, -0.25) is 4.79 Å². The Morgan fingerprint density at radius 3 is 2.30 bits per heavy atom. The molecule has 0 spiro atoms. The van der Waals surface area contributed by atoms with Crippen LogP contribution in [0.15, 0.2) is 36.4 Å². The smallest absolute Gasteiger partial charge is 0.306 e. The van der Waals surface area contributed by atoms with Crippen molar-refractivity contribution in [1.82, 2.24) is 0 Å². The van der Waals surface area contributed by atoms with E-state index in [0.29, 0.717) is 25.2 Å². The molecule has 2 aromatic rings. The maximum absolute atomic E-state index is 11.5. The van der Waals surface area contributed by atoms with E-state index in [1.807, 2.05) is 12.1 Å². The van der Waals surface area contributed by atoms with Crippen molar-refractivity contribution in [3.05, 3.63) is 49.1 Å². The van der Waals surface area contributed by atoms with Gasteiger partial charge in [0.25, 0.3) is 0 Å². The summed E-state index contributed by atoms with van der Waals surface area (Å²) in [6.07, 6.45) is 1.02. The Balaban J connectivity index is 2.10. The number of halogens is 2. The van der Waals surface area contributed by atoms with Crippen LogP contribution in [0.25, 0.3) is 0 Å². The molecule has 0 aliphatic carbocycles. The molecule has 0 amide bonds. The Labute approximate surface area is 162 Å². The van der Waals surface area contributed by atoms with E-state index in [0.717, 1.165) is 18.5 Å². The minimum Gasteiger partial charge on any atom is -0.508 e. The Morgan fingerprint density at radius 1 is 1.13 bits per heavy atom. The summed E-state index contributed by atoms with van der Waals surface area (Å²) >= 11 is 4.45. The molecule has 122 valence electrons. The third kappa shape index (κ3) is 5.52. The average Bonchev–Trinajstić information content (AvgIpc) is 2.51. The third-order valence-corrected chi connectivity index (χ3v) is 4.64. The highest BCUT2D eigenvalue weighted by atomic mass is 127. The molecule has 0 atom stereocenters. The average molecular weight is 538 g/mol. The zero-order chi connectivity index (χ0) is 16.8. The predicted molar refractivity (Wildman–Crippen MR) is 105 cm³/mol. The zero-order valence-corrected chi connectivity index (χ0v) is 16.8. The number of hydrogen-bond acceptors (Lipinski definition) is 4. The fourth-order valence-electron chi connectivity index (χ4n) is 1.97. The van der Waals surface area contributed by atoms with Crippen molar-refractivity contribution in [2.75, 3.05) is 6.61 Å². The molecule has 23 heavy (non-hydrogen) atoms. The molecule has 6 heteroatoms. The van der Waals surface area contributed by atoms with E-state index in [4.69, 9.17) is 9.47 Å². The molecule has 2 rings (SSSR count). The number of carbonyl (C=O) groups excluding carboxylic acids is 1. The van der Waals surface area contributed by atoms with E-state index in [-0.39, 0.29) is 11.7 Å². The number of ether oxygens (including phenoxy) is 2. The molecule has 0 fully saturated rings. The van der Waals surface area contributed by atoms with E-state index in [1.165, 1.54) is 0 Å². The first-order chi connectivity index (χ1) is 11.0. The topological polar surface area (TPSA) is 55.8 Å². The van der Waals surface area contributed by atoms with Crippen LogP contribution in [0.3, 0.4) is 0 Å². The van der Waals surface area contributed by atoms with Crippen LogP contribution >= 0.6 is 45.2 Å². The van der Waals surface area contributed by atoms with Crippen LogP contribution in [0.4, 0.5) is 0 Å². The lowest BCUT2D eigenvalue weighted by Gasteiger charge is -2.12. The van der Waals surface area contributed by atoms with Gasteiger partial charge in [0.2, 0.25) is 0 Å². The molecule has 0 saturated carbocycles. The molecule has 0 aromatic heterocycles. The van der Waals surface area contributed by atoms with Crippen molar-refractivity contribution in [3.63, 3.8) is 0 Å². The molecule has 0 saturated heterocycles. The first-order valence-electron chi connectivity index (χ1n) is 7.10. The zero-order valence-electron chi connectivity index (χ0n) is 12.5. The number of rotatable bonds is 6. The maximum Gasteiger partial charge on any atom is 0.306 e. The van der Waals surface area contributed by atoms with Crippen molar-refractivity contribution in [3.8, 4) is 17.2 Å². The number of esters is 1. The summed E-state index contributed by atoms with van der Waals surface area (Å²) < 4.78 is 12.8. The second kappa shape index (κ2) is 8.72. The summed E-state index contributed by atoms with van der Waals surface area (Å²) in [6, 6.07) is 10.6. The monoisotopic (exact) mass is 538 g/mol. The van der Waals surface area contributed by atoms with Gasteiger partial charge in [-0.1, -0.05) is 0 Å². The van der Waals surface area contributed by atoms with E-state index >= 15 is 0 Å². The lowest BCUT2D eigenvalue weighted by atomic mass is 10.1. The van der Waals surface area contributed by atoms with E-state index in [1.54, 1.807) is 31.2 Å². The van der Waals surface area contributed by atoms with Gasteiger partial charge in [0.1, 0.15) is 11.5 Å². The molecule has 0 bridgehead atoms. The normalized spacial score (nSPS) is 10.4. The standard InChI is InChI=1S/C17H16I2O4/c1-2-22-16(21)8-3-11-9-14(18)17(15(19)10-11)23-13-6-4-12(20)5-7-13/h4-7,9-10,20H,2-3,8H2,1H3. The van der Waals surface area contributed by atoms with Gasteiger partial charge in [-0.2, -0.15) is 0 Å². The van der Waals surface area contributed by atoms with Gasteiger partial charge in [0.05, 0.1) is 13.7 Å². The van der Waals surface area contributed by atoms with Crippen molar-refractivity contribution in [2.24, 2.45) is 0 Å². The fraction of sp³-hybridized carbons (Fsp3) is 0.235. The second-order valence-corrected chi connectivity index (χ2v) is 7.11. The van der Waals surface area contributed by atoms with Gasteiger partial charge < -0.3 is 14.6 Å². The van der Waals surface area contributed by atoms with Gasteiger partial charge in [-0.05, 0) is 100 Å². The van der Waals surface area contributed by atoms with Crippen LogP contribution in [0, 0.1) is 7.14 Å². The third-order valence-electron chi connectivity index (χ3n) is 3.04. The Kier molecular flexibility index (Phi) is 6.94. The van der Waals surface area contributed by atoms with Gasteiger partial charge in [-0.15, -0.1) is 0 Å². The number of phenols is 1. The number of benzene rings is 2. The molecule has 2 aromatic carbocycles. The number of aromatic hydroxyl groups is 1. The lowest BCUT2D eigenvalue weighted by Crippen LogP contribution is -2.05. The van der Waals surface area contributed by atoms with Crippen molar-refractivity contribution < 1.29 is 19.4 Å². The van der Waals surface area contributed by atoms with Crippen LogP contribution in [0.1, 0.15) is 18.9 Å². The van der Waals surface area contributed by atoms with E-state index in [9.17, 15) is 9.90 Å². The van der Waals surface area contributed by atoms with E-state index in [2.05, 4.69) is 45.2 Å². The summed E-state index contributed by atoms with van der Waals surface area (Å²) in [6.45, 7) is 2.21. The number of hydrogen-bond donors (Lipinski definition) is 1. The van der Waals surface area contributed by atoms with Crippen LogP contribution < -0.4 is 4.74 Å². The summed E-state index contributed by atoms with van der Waals surface area (Å²) in [7, 11) is 0. The molecule has 4 nitrogen and oxygen atoms in total. The largest absolute Gasteiger partial charge is 0.508 e. The van der Waals surface area contributed by atoms with Crippen molar-refractivity contribution in [2.45, 2.75) is 19.8 Å². The van der Waals surface area contributed by atoms with Crippen LogP contribution in [-0.4, -0.2) is 17.7 Å². The van der Waals surface area contributed by atoms with Crippen molar-refractivity contribution in [1.29, 1.82) is 0 Å². The molecule has 0 aliphatic rings. The van der Waals surface area contributed by atoms with Gasteiger partial charge in [-0.25, -0.2) is 0 Å². The number of phenolic OH excluding ortho intramolecular Hbond substituents is 1. The SMILES string of the molecule is CCOC(=O)CCc1cc(I)c(Oc2ccc(O)cc2)c(I)c1. The van der Waals surface area contributed by atoms with Crippen LogP contribution in [0.5, 0.6) is 17.2 Å². The van der Waals surface area contributed by atoms with Gasteiger partial charge >= 0.3 is 5.97 Å². The Hall–Kier alpha value is -1.03. The molecule has 0 aliphatic heterocycles. The summed E-state index contributed by atoms with van der Waals surface area (Å²) in [5, 5.41) is 9.31. The highest BCUT2D eigenvalue weighted by Gasteiger charge is 2.11. The highest BCUT2D eigenvalue weighted by molar-refractivity contribution is 14.1.